The number of hydrogen-bond acceptors (Lipinski definition) is 2. The molecule has 2 N–H and O–H groups in total. The van der Waals surface area contributed by atoms with Gasteiger partial charge in [-0.2, -0.15) is 0 Å². The van der Waals surface area contributed by atoms with Crippen molar-refractivity contribution < 1.29 is 14.4 Å². The highest BCUT2D eigenvalue weighted by Crippen LogP contribution is 2.44. The Labute approximate surface area is 103 Å². The van der Waals surface area contributed by atoms with Crippen LogP contribution in [0.1, 0.15) is 25.7 Å². The Hall–Kier alpha value is -0.610. The van der Waals surface area contributed by atoms with E-state index in [-0.39, 0.29) is 5.91 Å². The number of fused-ring (bicyclic) bond motifs is 2. The molecule has 0 spiro atoms. The maximum absolute atomic E-state index is 12.0. The highest BCUT2D eigenvalue weighted by molar-refractivity contribution is 5.77. The van der Waals surface area contributed by atoms with Gasteiger partial charge in [0.25, 0.3) is 5.91 Å². The number of rotatable bonds is 3. The molecule has 4 nitrogen and oxygen atoms in total. The van der Waals surface area contributed by atoms with Crippen LogP contribution < -0.4 is 10.2 Å². The molecule has 0 aromatic carbocycles. The van der Waals surface area contributed by atoms with Crippen molar-refractivity contribution in [2.45, 2.75) is 31.7 Å². The van der Waals surface area contributed by atoms with Crippen LogP contribution in [0, 0.1) is 11.8 Å². The summed E-state index contributed by atoms with van der Waals surface area (Å²) in [6.07, 6.45) is 5.32. The maximum Gasteiger partial charge on any atom is 0.275 e. The molecule has 1 heterocycles. The Morgan fingerprint density at radius 3 is 2.71 bits per heavy atom. The van der Waals surface area contributed by atoms with E-state index in [1.807, 2.05) is 0 Å². The lowest BCUT2D eigenvalue weighted by atomic mass is 9.95. The van der Waals surface area contributed by atoms with Crippen LogP contribution in [0.4, 0.5) is 0 Å². The molecule has 0 unspecified atom stereocenters. The SMILES string of the molecule is O=C(C[NH+]1CCOCC1)N[C@H]1C[C@H]2CC[C@@H]1C2. The van der Waals surface area contributed by atoms with Gasteiger partial charge in [0, 0.05) is 6.04 Å². The number of nitrogens with one attached hydrogen (secondary N) is 2. The molecule has 96 valence electrons. The fourth-order valence-electron chi connectivity index (χ4n) is 3.74. The minimum absolute atomic E-state index is 0.249. The molecule has 3 fully saturated rings. The van der Waals surface area contributed by atoms with Crippen molar-refractivity contribution in [3.05, 3.63) is 0 Å². The summed E-state index contributed by atoms with van der Waals surface area (Å²) >= 11 is 0. The van der Waals surface area contributed by atoms with Gasteiger partial charge in [-0.3, -0.25) is 4.79 Å². The first-order valence-corrected chi connectivity index (χ1v) is 7.02. The Morgan fingerprint density at radius 1 is 1.24 bits per heavy atom. The number of amides is 1. The zero-order valence-electron chi connectivity index (χ0n) is 10.4. The van der Waals surface area contributed by atoms with Gasteiger partial charge in [-0.15, -0.1) is 0 Å². The number of hydrogen-bond donors (Lipinski definition) is 2. The molecule has 3 aliphatic rings. The van der Waals surface area contributed by atoms with Crippen LogP contribution in [0.15, 0.2) is 0 Å². The van der Waals surface area contributed by atoms with Gasteiger partial charge in [0.15, 0.2) is 6.54 Å². The van der Waals surface area contributed by atoms with Gasteiger partial charge in [0.1, 0.15) is 13.1 Å². The van der Waals surface area contributed by atoms with Crippen LogP contribution in [0.25, 0.3) is 0 Å². The van der Waals surface area contributed by atoms with E-state index in [2.05, 4.69) is 5.32 Å². The first-order valence-electron chi connectivity index (χ1n) is 7.02. The minimum Gasteiger partial charge on any atom is -0.370 e. The number of morpholine rings is 1. The molecule has 0 aromatic rings. The third-order valence-corrected chi connectivity index (χ3v) is 4.69. The summed E-state index contributed by atoms with van der Waals surface area (Å²) in [5, 5.41) is 3.26. The zero-order valence-corrected chi connectivity index (χ0v) is 10.4. The zero-order chi connectivity index (χ0) is 11.7. The molecule has 3 rings (SSSR count). The number of carbonyl (C=O) groups is 1. The second-order valence-corrected chi connectivity index (χ2v) is 5.89. The smallest absolute Gasteiger partial charge is 0.275 e. The average Bonchev–Trinajstić information content (AvgIpc) is 2.92. The lowest BCUT2D eigenvalue weighted by Gasteiger charge is -2.26. The number of quaternary nitrogens is 1. The third-order valence-electron chi connectivity index (χ3n) is 4.69. The number of carbonyl (C=O) groups excluding carboxylic acids is 1. The van der Waals surface area contributed by atoms with Crippen molar-refractivity contribution in [2.24, 2.45) is 11.8 Å². The Bertz CT molecular complexity index is 289. The highest BCUT2D eigenvalue weighted by Gasteiger charge is 2.40. The van der Waals surface area contributed by atoms with Crippen molar-refractivity contribution in [3.63, 3.8) is 0 Å². The van der Waals surface area contributed by atoms with Gasteiger partial charge in [-0.25, -0.2) is 0 Å². The molecule has 4 heteroatoms. The predicted octanol–water partition coefficient (Wildman–Crippen LogP) is -0.794. The van der Waals surface area contributed by atoms with E-state index in [1.165, 1.54) is 30.6 Å². The quantitative estimate of drug-likeness (QED) is 0.677. The summed E-state index contributed by atoms with van der Waals surface area (Å²) in [6.45, 7) is 4.19. The van der Waals surface area contributed by atoms with Crippen molar-refractivity contribution in [3.8, 4) is 0 Å². The Kier molecular flexibility index (Phi) is 3.34. The predicted molar refractivity (Wildman–Crippen MR) is 63.8 cm³/mol. The van der Waals surface area contributed by atoms with Gasteiger partial charge in [0.05, 0.1) is 13.2 Å². The fraction of sp³-hybridized carbons (Fsp3) is 0.923. The summed E-state index contributed by atoms with van der Waals surface area (Å²) in [5.41, 5.74) is 0. The minimum atomic E-state index is 0.249. The summed E-state index contributed by atoms with van der Waals surface area (Å²) in [5.74, 6) is 1.93. The van der Waals surface area contributed by atoms with Gasteiger partial charge >= 0.3 is 0 Å². The molecule has 0 radical (unpaired) electrons. The summed E-state index contributed by atoms with van der Waals surface area (Å²) in [4.78, 5) is 13.3. The largest absolute Gasteiger partial charge is 0.370 e. The van der Waals surface area contributed by atoms with Crippen LogP contribution in [-0.4, -0.2) is 44.8 Å². The van der Waals surface area contributed by atoms with E-state index in [9.17, 15) is 4.79 Å². The van der Waals surface area contributed by atoms with Crippen molar-refractivity contribution in [1.29, 1.82) is 0 Å². The summed E-state index contributed by atoms with van der Waals surface area (Å²) in [7, 11) is 0. The monoisotopic (exact) mass is 239 g/mol. The third kappa shape index (κ3) is 2.63. The van der Waals surface area contributed by atoms with Crippen LogP contribution in [0.3, 0.4) is 0 Å². The standard InChI is InChI=1S/C13H22N2O2/c16-13(9-15-3-5-17-6-4-15)14-12-8-10-1-2-11(12)7-10/h10-12H,1-9H2,(H,14,16)/p+1/t10-,11+,12-/m0/s1. The van der Waals surface area contributed by atoms with Crippen molar-refractivity contribution >= 4 is 5.91 Å². The van der Waals surface area contributed by atoms with Crippen molar-refractivity contribution in [2.75, 3.05) is 32.8 Å². The molecular formula is C13H23N2O2+. The van der Waals surface area contributed by atoms with E-state index < -0.39 is 0 Å². The molecule has 2 saturated carbocycles. The Balaban J connectivity index is 1.44. The average molecular weight is 239 g/mol. The van der Waals surface area contributed by atoms with E-state index in [1.54, 1.807) is 0 Å². The van der Waals surface area contributed by atoms with E-state index in [0.717, 1.165) is 38.1 Å². The lowest BCUT2D eigenvalue weighted by Crippen LogP contribution is -3.15. The molecule has 2 bridgehead atoms. The second-order valence-electron chi connectivity index (χ2n) is 5.89. The van der Waals surface area contributed by atoms with Crippen LogP contribution >= 0.6 is 0 Å². The van der Waals surface area contributed by atoms with Gasteiger partial charge in [-0.05, 0) is 31.1 Å². The Morgan fingerprint density at radius 2 is 2.06 bits per heavy atom. The van der Waals surface area contributed by atoms with E-state index in [4.69, 9.17) is 4.74 Å². The fourth-order valence-corrected chi connectivity index (χ4v) is 3.74. The molecule has 2 aliphatic carbocycles. The van der Waals surface area contributed by atoms with Gasteiger partial charge < -0.3 is 15.0 Å². The van der Waals surface area contributed by atoms with E-state index >= 15 is 0 Å². The topological polar surface area (TPSA) is 42.8 Å². The van der Waals surface area contributed by atoms with Gasteiger partial charge in [-0.1, -0.05) is 6.42 Å². The molecule has 17 heavy (non-hydrogen) atoms. The van der Waals surface area contributed by atoms with Gasteiger partial charge in [0.2, 0.25) is 0 Å². The molecule has 1 aliphatic heterocycles. The first-order chi connectivity index (χ1) is 8.31. The molecule has 1 saturated heterocycles. The molecule has 0 aromatic heterocycles. The normalized spacial score (nSPS) is 37.3. The van der Waals surface area contributed by atoms with Crippen LogP contribution in [-0.2, 0) is 9.53 Å². The van der Waals surface area contributed by atoms with Crippen LogP contribution in [0.2, 0.25) is 0 Å². The molecular weight excluding hydrogens is 216 g/mol. The van der Waals surface area contributed by atoms with Crippen molar-refractivity contribution in [1.82, 2.24) is 5.32 Å². The second kappa shape index (κ2) is 4.94. The van der Waals surface area contributed by atoms with E-state index in [0.29, 0.717) is 12.6 Å². The summed E-state index contributed by atoms with van der Waals surface area (Å²) in [6, 6.07) is 0.488. The lowest BCUT2D eigenvalue weighted by molar-refractivity contribution is -0.900. The first kappa shape index (κ1) is 11.5. The molecule has 1 amide bonds. The van der Waals surface area contributed by atoms with Crippen LogP contribution in [0.5, 0.6) is 0 Å². The maximum atomic E-state index is 12.0. The highest BCUT2D eigenvalue weighted by atomic mass is 16.5. The molecule has 3 atom stereocenters. The summed E-state index contributed by atoms with van der Waals surface area (Å²) < 4.78 is 5.30. The number of ether oxygens (including phenoxy) is 1.